The molecule has 6 nitrogen and oxygen atoms in total. The normalized spacial score (nSPS) is 14.6. The molecule has 2 aliphatic rings. The molecule has 0 bridgehead atoms. The minimum absolute atomic E-state index is 0.602. The Bertz CT molecular complexity index is 2670. The zero-order valence-electron chi connectivity index (χ0n) is 33.3. The fourth-order valence-corrected chi connectivity index (χ4v) is 15.0. The van der Waals surface area contributed by atoms with Gasteiger partial charge in [-0.25, -0.2) is 19.9 Å². The van der Waals surface area contributed by atoms with E-state index in [4.69, 9.17) is 19.9 Å². The van der Waals surface area contributed by atoms with Crippen molar-refractivity contribution in [1.82, 2.24) is 19.9 Å². The van der Waals surface area contributed by atoms with Gasteiger partial charge >= 0.3 is 0 Å². The van der Waals surface area contributed by atoms with E-state index < -0.39 is 16.1 Å². The Hall–Kier alpha value is -6.49. The number of fused-ring (bicyclic) bond motifs is 4. The number of aromatic nitrogens is 4. The van der Waals surface area contributed by atoms with Gasteiger partial charge in [0, 0.05) is 40.3 Å². The smallest absolute Gasteiger partial charge is 0.163 e. The van der Waals surface area contributed by atoms with Crippen LogP contribution in [0.5, 0.6) is 0 Å². The first-order valence-electron chi connectivity index (χ1n) is 20.1. The average molecular weight is 785 g/mol. The highest BCUT2D eigenvalue weighted by Crippen LogP contribution is 2.43. The molecule has 0 spiro atoms. The summed E-state index contributed by atoms with van der Waals surface area (Å²) in [5, 5.41) is 5.68. The summed E-state index contributed by atoms with van der Waals surface area (Å²) in [6, 6.07) is 58.6. The van der Waals surface area contributed by atoms with E-state index in [9.17, 15) is 0 Å². The third-order valence-electron chi connectivity index (χ3n) is 12.0. The van der Waals surface area contributed by atoms with Gasteiger partial charge in [0.2, 0.25) is 0 Å². The molecule has 0 unspecified atom stereocenters. The van der Waals surface area contributed by atoms with E-state index in [2.05, 4.69) is 170 Å². The summed E-state index contributed by atoms with van der Waals surface area (Å²) in [6.45, 7) is 9.86. The maximum absolute atomic E-state index is 5.51. The van der Waals surface area contributed by atoms with Crippen LogP contribution >= 0.6 is 0 Å². The fraction of sp³-hybridized carbons (Fsp3) is 0.120. The second-order valence-corrected chi connectivity index (χ2v) is 25.0. The van der Waals surface area contributed by atoms with Gasteiger partial charge in [-0.3, -0.25) is 4.90 Å². The van der Waals surface area contributed by atoms with Crippen molar-refractivity contribution in [2.75, 3.05) is 9.80 Å². The summed E-state index contributed by atoms with van der Waals surface area (Å²) < 4.78 is 0. The minimum Gasteiger partial charge on any atom is -0.309 e. The first-order valence-corrected chi connectivity index (χ1v) is 26.1. The Balaban J connectivity index is 1.16. The van der Waals surface area contributed by atoms with Crippen LogP contribution in [0.4, 0.5) is 34.3 Å². The Labute approximate surface area is 342 Å². The Morgan fingerprint density at radius 1 is 0.431 bits per heavy atom. The molecule has 0 amide bonds. The van der Waals surface area contributed by atoms with Crippen molar-refractivity contribution < 1.29 is 0 Å². The van der Waals surface area contributed by atoms with E-state index in [0.29, 0.717) is 24.5 Å². The highest BCUT2D eigenvalue weighted by atomic mass is 28.3. The molecule has 0 fully saturated rings. The number of hydrogen-bond acceptors (Lipinski definition) is 6. The lowest BCUT2D eigenvalue weighted by Gasteiger charge is -2.42. The van der Waals surface area contributed by atoms with Gasteiger partial charge in [0.1, 0.15) is 27.8 Å². The molecular weight excluding hydrogens is 741 g/mol. The maximum Gasteiger partial charge on any atom is 0.163 e. The summed E-state index contributed by atoms with van der Waals surface area (Å²) in [6.07, 6.45) is 3.35. The predicted octanol–water partition coefficient (Wildman–Crippen LogP) is 9.60. The summed E-state index contributed by atoms with van der Waals surface area (Å²) >= 11 is 0. The van der Waals surface area contributed by atoms with Crippen molar-refractivity contribution >= 4 is 71.1 Å². The number of pyridine rings is 1. The van der Waals surface area contributed by atoms with Crippen LogP contribution in [0.15, 0.2) is 170 Å². The zero-order valence-corrected chi connectivity index (χ0v) is 35.3. The molecule has 4 heterocycles. The quantitative estimate of drug-likeness (QED) is 0.150. The van der Waals surface area contributed by atoms with Gasteiger partial charge in [0.25, 0.3) is 0 Å². The molecule has 8 heteroatoms. The Morgan fingerprint density at radius 2 is 0.828 bits per heavy atom. The number of nitrogens with zero attached hydrogens (tertiary/aromatic N) is 6. The van der Waals surface area contributed by atoms with Gasteiger partial charge in [0.15, 0.2) is 11.6 Å². The van der Waals surface area contributed by atoms with Crippen LogP contribution in [0.3, 0.4) is 0 Å². The highest BCUT2D eigenvalue weighted by Gasteiger charge is 2.41. The molecule has 0 atom stereocenters. The van der Waals surface area contributed by atoms with E-state index in [1.165, 1.54) is 43.5 Å². The van der Waals surface area contributed by atoms with E-state index in [0.717, 1.165) is 34.0 Å². The second-order valence-electron chi connectivity index (χ2n) is 16.3. The van der Waals surface area contributed by atoms with Gasteiger partial charge in [-0.2, -0.15) is 0 Å². The van der Waals surface area contributed by atoms with E-state index >= 15 is 0 Å². The lowest BCUT2D eigenvalue weighted by atomic mass is 10.1. The summed E-state index contributed by atoms with van der Waals surface area (Å²) in [5.74, 6) is 3.03. The molecule has 6 aromatic carbocycles. The average Bonchev–Trinajstić information content (AvgIpc) is 3.27. The molecule has 282 valence electrons. The van der Waals surface area contributed by atoms with Gasteiger partial charge in [-0.15, -0.1) is 0 Å². The monoisotopic (exact) mass is 784 g/mol. The van der Waals surface area contributed by atoms with E-state index in [1.54, 1.807) is 0 Å². The first kappa shape index (κ1) is 35.9. The van der Waals surface area contributed by atoms with Gasteiger partial charge in [-0.05, 0) is 63.1 Å². The molecule has 2 aromatic heterocycles. The molecule has 0 saturated carbocycles. The molecule has 0 N–H and O–H groups in total. The zero-order chi connectivity index (χ0) is 39.4. The van der Waals surface area contributed by atoms with Crippen molar-refractivity contribution in [2.24, 2.45) is 0 Å². The molecule has 0 aliphatic carbocycles. The number of rotatable bonds is 7. The summed E-state index contributed by atoms with van der Waals surface area (Å²) in [5.41, 5.74) is 8.99. The maximum atomic E-state index is 5.51. The van der Waals surface area contributed by atoms with Gasteiger partial charge in [0.05, 0.1) is 11.9 Å². The molecule has 10 rings (SSSR count). The molecule has 0 saturated heterocycles. The predicted molar refractivity (Wildman–Crippen MR) is 245 cm³/mol. The molecule has 2 aliphatic heterocycles. The van der Waals surface area contributed by atoms with Crippen molar-refractivity contribution in [1.29, 1.82) is 0 Å². The topological polar surface area (TPSA) is 58.0 Å². The minimum atomic E-state index is -2.00. The van der Waals surface area contributed by atoms with Crippen molar-refractivity contribution in [3.63, 3.8) is 0 Å². The number of hydrogen-bond donors (Lipinski definition) is 0. The first-order chi connectivity index (χ1) is 28.3. The molecular formula is C50H44N6Si2. The van der Waals surface area contributed by atoms with Gasteiger partial charge in [-0.1, -0.05) is 160 Å². The third-order valence-corrected chi connectivity index (χ3v) is 19.1. The molecule has 0 radical (unpaired) electrons. The van der Waals surface area contributed by atoms with Crippen LogP contribution in [-0.4, -0.2) is 36.1 Å². The van der Waals surface area contributed by atoms with Crippen LogP contribution in [0.1, 0.15) is 11.4 Å². The van der Waals surface area contributed by atoms with Crippen LogP contribution in [-0.2, 0) is 12.8 Å². The summed E-state index contributed by atoms with van der Waals surface area (Å²) in [4.78, 5) is 25.5. The highest BCUT2D eigenvalue weighted by molar-refractivity contribution is 7.03. The number of benzene rings is 6. The molecule has 58 heavy (non-hydrogen) atoms. The Morgan fingerprint density at radius 3 is 1.28 bits per heavy atom. The Kier molecular flexibility index (Phi) is 8.76. The van der Waals surface area contributed by atoms with E-state index in [-0.39, 0.29) is 0 Å². The largest absolute Gasteiger partial charge is 0.309 e. The second kappa shape index (κ2) is 14.2. The SMILES string of the molecule is C[Si]1(C)c2ccccc2N(c2cnc(N3c4ccccc4[Si](C)(C)c4ccccc43)c(CCc3nc(-c4ccccc4)nc(-c4ccccc4)n3)c2)c2ccccc21. The number of para-hydroxylation sites is 4. The molecule has 8 aromatic rings. The number of anilines is 6. The standard InChI is InChI=1S/C50H44N6Si2/c1-57(2)43-27-15-11-23-39(43)55(40-24-12-16-28-44(40)57)38-33-37(31-32-47-52-48(35-19-7-5-8-20-35)54-49(53-47)36-21-9-6-10-22-36)50(51-34-38)56-41-25-13-17-29-45(41)58(3,4)46-30-18-14-26-42(46)56/h5-30,33-34H,31-32H2,1-4H3. The van der Waals surface area contributed by atoms with Crippen LogP contribution in [0.25, 0.3) is 22.8 Å². The lowest BCUT2D eigenvalue weighted by molar-refractivity contribution is 0.839. The lowest BCUT2D eigenvalue weighted by Crippen LogP contribution is -2.58. The van der Waals surface area contributed by atoms with Crippen LogP contribution in [0.2, 0.25) is 26.2 Å². The van der Waals surface area contributed by atoms with Crippen molar-refractivity contribution in [2.45, 2.75) is 39.0 Å². The van der Waals surface area contributed by atoms with E-state index in [1.807, 2.05) is 36.4 Å². The van der Waals surface area contributed by atoms with Gasteiger partial charge < -0.3 is 4.90 Å². The van der Waals surface area contributed by atoms with Crippen LogP contribution < -0.4 is 30.5 Å². The summed E-state index contributed by atoms with van der Waals surface area (Å²) in [7, 11) is -3.97. The van der Waals surface area contributed by atoms with Crippen molar-refractivity contribution in [3.05, 3.63) is 181 Å². The van der Waals surface area contributed by atoms with Crippen LogP contribution in [0, 0.1) is 0 Å². The fourth-order valence-electron chi connectivity index (χ4n) is 9.05. The number of aryl methyl sites for hydroxylation is 2. The third kappa shape index (κ3) is 5.99. The van der Waals surface area contributed by atoms with Crippen molar-refractivity contribution in [3.8, 4) is 22.8 Å².